The molecule has 4 N–H and O–H groups in total. The maximum Gasteiger partial charge on any atom is 0.251 e. The number of Topliss-reactive ketones (excluding diaryl/α,β-unsaturated/α-hetero) is 1. The molecule has 4 heterocycles. The Morgan fingerprint density at radius 2 is 1.09 bits per heavy atom. The van der Waals surface area contributed by atoms with E-state index in [1.807, 2.05) is 0 Å². The molecule has 2 amide bonds. The first-order chi connectivity index (χ1) is 30.3. The molecule has 4 fully saturated rings. The predicted octanol–water partition coefficient (Wildman–Crippen LogP) is 5.74. The third-order valence-electron chi connectivity index (χ3n) is 12.0. The van der Waals surface area contributed by atoms with Crippen molar-refractivity contribution in [3.8, 4) is 0 Å². The normalized spacial score (nSPS) is 22.9. The second-order valence-corrected chi connectivity index (χ2v) is 21.1. The van der Waals surface area contributed by atoms with Gasteiger partial charge in [-0.15, -0.1) is 0 Å². The quantitative estimate of drug-likeness (QED) is 0.131. The lowest BCUT2D eigenvalue weighted by Gasteiger charge is -2.40. The van der Waals surface area contributed by atoms with Crippen LogP contribution in [0.5, 0.6) is 0 Å². The molecule has 0 spiro atoms. The van der Waals surface area contributed by atoms with Gasteiger partial charge in [-0.1, -0.05) is 53.5 Å². The zero-order chi connectivity index (χ0) is 46.3. The summed E-state index contributed by atoms with van der Waals surface area (Å²) in [5.41, 5.74) is 0.248. The Balaban J connectivity index is 0.000000219. The van der Waals surface area contributed by atoms with Crippen molar-refractivity contribution in [1.29, 1.82) is 0 Å². The third kappa shape index (κ3) is 12.4. The van der Waals surface area contributed by atoms with E-state index in [9.17, 15) is 48.8 Å². The Hall–Kier alpha value is -3.69. The number of piperidine rings is 2. The zero-order valence-corrected chi connectivity index (χ0v) is 38.0. The van der Waals surface area contributed by atoms with Crippen molar-refractivity contribution < 1.29 is 48.8 Å². The maximum atomic E-state index is 14.8. The molecule has 4 aliphatic rings. The summed E-state index contributed by atoms with van der Waals surface area (Å²) in [4.78, 5) is 39.3. The summed E-state index contributed by atoms with van der Waals surface area (Å²) in [6.45, 7) is 2.09. The van der Waals surface area contributed by atoms with Gasteiger partial charge in [0.2, 0.25) is 31.9 Å². The molecular weight excluding hydrogens is 924 g/mol. The number of carbonyl (C=O) groups excluding carboxylic acids is 3. The SMILES string of the molecule is O=C(c1ccccc1)C(C1CCNCC1)N([C@@H]1CC(F)(F)CCNC1=O)S(=O)(=O)c1ccc(Cl)cc1.O=C1NCCC(F)(F)C[C@H]1N(CC1CCNCC1)S(=O)(=O)c1ccc(Cl)cc1. The first kappa shape index (κ1) is 49.7. The minimum absolute atomic E-state index is 0.00648. The molecule has 0 aliphatic carbocycles. The van der Waals surface area contributed by atoms with E-state index in [0.717, 1.165) is 34.5 Å². The molecule has 3 aromatic carbocycles. The minimum atomic E-state index is -4.58. The molecule has 13 nitrogen and oxygen atoms in total. The standard InChI is InChI=1S/C25H28ClF2N3O4S.C18H24ClF2N3O3S/c26-19-6-8-20(9-7-19)36(34,35)31(21-16-25(27,28)12-15-30-24(21)33)22(17-10-13-29-14-11-17)23(32)18-4-2-1-3-5-18;19-14-1-3-15(4-2-14)28(26,27)24(12-13-5-8-22-9-6-13)16-11-18(20,21)7-10-23-17(16)25/h1-9,17,21-22,29H,10-16H2,(H,30,33);1-4,13,16,22H,5-12H2,(H,23,25)/t21-,22?;16-/m11/s1. The van der Waals surface area contributed by atoms with Crippen LogP contribution >= 0.6 is 23.2 Å². The van der Waals surface area contributed by atoms with Crippen molar-refractivity contribution in [3.63, 3.8) is 0 Å². The van der Waals surface area contributed by atoms with Gasteiger partial charge in [0.15, 0.2) is 5.78 Å². The summed E-state index contributed by atoms with van der Waals surface area (Å²) in [5.74, 6) is -8.95. The van der Waals surface area contributed by atoms with Crippen LogP contribution in [-0.4, -0.2) is 119 Å². The summed E-state index contributed by atoms with van der Waals surface area (Å²) < 4.78 is 115. The van der Waals surface area contributed by atoms with E-state index in [4.69, 9.17) is 23.2 Å². The molecule has 3 aromatic rings. The Kier molecular flexibility index (Phi) is 16.6. The number of nitrogens with one attached hydrogen (secondary N) is 4. The fraction of sp³-hybridized carbons (Fsp3) is 0.512. The fourth-order valence-corrected chi connectivity index (χ4v) is 12.2. The van der Waals surface area contributed by atoms with Crippen LogP contribution in [0.25, 0.3) is 0 Å². The van der Waals surface area contributed by atoms with Gasteiger partial charge >= 0.3 is 0 Å². The molecule has 64 heavy (non-hydrogen) atoms. The number of nitrogens with zero attached hydrogens (tertiary/aromatic N) is 2. The summed E-state index contributed by atoms with van der Waals surface area (Å²) in [5, 5.41) is 11.9. The average Bonchev–Trinajstić information content (AvgIpc) is 3.49. The van der Waals surface area contributed by atoms with Crippen molar-refractivity contribution in [2.45, 2.75) is 91.1 Å². The number of benzene rings is 3. The molecule has 21 heteroatoms. The Morgan fingerprint density at radius 1 is 0.641 bits per heavy atom. The van der Waals surface area contributed by atoms with Gasteiger partial charge < -0.3 is 21.3 Å². The van der Waals surface area contributed by atoms with Crippen molar-refractivity contribution in [3.05, 3.63) is 94.5 Å². The van der Waals surface area contributed by atoms with Crippen LogP contribution in [0.4, 0.5) is 17.6 Å². The van der Waals surface area contributed by atoms with E-state index >= 15 is 0 Å². The summed E-state index contributed by atoms with van der Waals surface area (Å²) >= 11 is 11.8. The Bertz CT molecular complexity index is 2310. The second-order valence-electron chi connectivity index (χ2n) is 16.5. The highest BCUT2D eigenvalue weighted by Gasteiger charge is 2.51. The minimum Gasteiger partial charge on any atom is -0.354 e. The highest BCUT2D eigenvalue weighted by molar-refractivity contribution is 7.89. The summed E-state index contributed by atoms with van der Waals surface area (Å²) in [6, 6.07) is 14.3. The molecule has 350 valence electrons. The van der Waals surface area contributed by atoms with Gasteiger partial charge in [-0.2, -0.15) is 8.61 Å². The summed E-state index contributed by atoms with van der Waals surface area (Å²) in [6.07, 6.45) is -0.631. The number of amides is 2. The number of halogens is 6. The molecule has 7 rings (SSSR count). The third-order valence-corrected chi connectivity index (χ3v) is 16.3. The van der Waals surface area contributed by atoms with Crippen LogP contribution < -0.4 is 21.3 Å². The molecular formula is C43H52Cl2F4N6O7S2. The van der Waals surface area contributed by atoms with E-state index in [0.29, 0.717) is 31.0 Å². The average molecular weight is 976 g/mol. The molecule has 4 aliphatic heterocycles. The van der Waals surface area contributed by atoms with Crippen LogP contribution in [0.2, 0.25) is 10.0 Å². The topological polar surface area (TPSA) is 174 Å². The van der Waals surface area contributed by atoms with E-state index in [1.165, 1.54) is 48.5 Å². The molecule has 0 saturated carbocycles. The smallest absolute Gasteiger partial charge is 0.251 e. The number of sulfonamides is 2. The number of rotatable bonds is 12. The van der Waals surface area contributed by atoms with Crippen molar-refractivity contribution in [1.82, 2.24) is 29.9 Å². The van der Waals surface area contributed by atoms with Crippen molar-refractivity contribution in [2.75, 3.05) is 45.8 Å². The molecule has 1 unspecified atom stereocenters. The molecule has 3 atom stereocenters. The van der Waals surface area contributed by atoms with E-state index in [1.54, 1.807) is 30.3 Å². The number of alkyl halides is 4. The molecule has 0 radical (unpaired) electrons. The van der Waals surface area contributed by atoms with Crippen LogP contribution in [0.3, 0.4) is 0 Å². The van der Waals surface area contributed by atoms with Crippen LogP contribution in [-0.2, 0) is 29.6 Å². The maximum absolute atomic E-state index is 14.8. The van der Waals surface area contributed by atoms with E-state index < -0.39 is 99.2 Å². The largest absolute Gasteiger partial charge is 0.354 e. The predicted molar refractivity (Wildman–Crippen MR) is 234 cm³/mol. The van der Waals surface area contributed by atoms with E-state index in [-0.39, 0.29) is 45.9 Å². The van der Waals surface area contributed by atoms with Gasteiger partial charge in [0.25, 0.3) is 11.8 Å². The van der Waals surface area contributed by atoms with Crippen molar-refractivity contribution in [2.24, 2.45) is 11.8 Å². The van der Waals surface area contributed by atoms with Crippen LogP contribution in [0, 0.1) is 11.8 Å². The lowest BCUT2D eigenvalue weighted by atomic mass is 9.84. The fourth-order valence-electron chi connectivity index (χ4n) is 8.53. The first-order valence-corrected chi connectivity index (χ1v) is 24.8. The lowest BCUT2D eigenvalue weighted by Crippen LogP contribution is -2.59. The van der Waals surface area contributed by atoms with Gasteiger partial charge in [0.05, 0.1) is 15.8 Å². The summed E-state index contributed by atoms with van der Waals surface area (Å²) in [7, 11) is -8.74. The van der Waals surface area contributed by atoms with Crippen LogP contribution in [0.1, 0.15) is 61.7 Å². The number of ketones is 1. The second kappa shape index (κ2) is 21.3. The highest BCUT2D eigenvalue weighted by Crippen LogP contribution is 2.37. The lowest BCUT2D eigenvalue weighted by molar-refractivity contribution is -0.127. The van der Waals surface area contributed by atoms with Gasteiger partial charge in [-0.05, 0) is 112 Å². The molecule has 0 bridgehead atoms. The Morgan fingerprint density at radius 3 is 1.61 bits per heavy atom. The van der Waals surface area contributed by atoms with Crippen molar-refractivity contribution >= 4 is 60.8 Å². The molecule has 0 aromatic heterocycles. The highest BCUT2D eigenvalue weighted by atomic mass is 35.5. The monoisotopic (exact) mass is 974 g/mol. The number of hydrogen-bond donors (Lipinski definition) is 4. The van der Waals surface area contributed by atoms with Gasteiger partial charge in [0, 0.05) is 60.9 Å². The Labute approximate surface area is 381 Å². The van der Waals surface area contributed by atoms with Gasteiger partial charge in [-0.3, -0.25) is 14.4 Å². The number of hydrogen-bond acceptors (Lipinski definition) is 9. The van der Waals surface area contributed by atoms with Gasteiger partial charge in [0.1, 0.15) is 12.1 Å². The van der Waals surface area contributed by atoms with E-state index in [2.05, 4.69) is 21.3 Å². The van der Waals surface area contributed by atoms with Crippen LogP contribution in [0.15, 0.2) is 88.7 Å². The molecule has 4 saturated heterocycles. The zero-order valence-electron chi connectivity index (χ0n) is 34.8. The first-order valence-electron chi connectivity index (χ1n) is 21.2. The van der Waals surface area contributed by atoms with Gasteiger partial charge in [-0.25, -0.2) is 34.4 Å². The number of carbonyl (C=O) groups is 3.